The molecule has 4 rings (SSSR count). The molecule has 8 nitrogen and oxygen atoms in total. The Morgan fingerprint density at radius 1 is 1.03 bits per heavy atom. The number of pyridine rings is 2. The molecule has 1 aromatic carbocycles. The Labute approximate surface area is 167 Å². The fourth-order valence-electron chi connectivity index (χ4n) is 2.98. The van der Waals surface area contributed by atoms with Gasteiger partial charge in [-0.15, -0.1) is 0 Å². The number of fused-ring (bicyclic) bond motifs is 1. The van der Waals surface area contributed by atoms with Crippen LogP contribution in [0.1, 0.15) is 21.2 Å². The van der Waals surface area contributed by atoms with Crippen molar-refractivity contribution in [1.82, 2.24) is 15.3 Å². The SMILES string of the molecule is O=C(NC[C@H](c1cccnc1)S(=O)(=O)c1ccc2c(c1)OCO2)c1cccnc1. The predicted octanol–water partition coefficient (Wildman–Crippen LogP) is 2.15. The predicted molar refractivity (Wildman–Crippen MR) is 103 cm³/mol. The van der Waals surface area contributed by atoms with E-state index in [-0.39, 0.29) is 18.2 Å². The normalized spacial score (nSPS) is 13.7. The molecule has 29 heavy (non-hydrogen) atoms. The van der Waals surface area contributed by atoms with Gasteiger partial charge in [0.05, 0.1) is 10.5 Å². The Bertz CT molecular complexity index is 1120. The Morgan fingerprint density at radius 2 is 1.79 bits per heavy atom. The van der Waals surface area contributed by atoms with Crippen molar-refractivity contribution in [3.05, 3.63) is 78.4 Å². The van der Waals surface area contributed by atoms with Gasteiger partial charge in [-0.25, -0.2) is 8.42 Å². The van der Waals surface area contributed by atoms with Crippen LogP contribution >= 0.6 is 0 Å². The zero-order valence-corrected chi connectivity index (χ0v) is 16.0. The van der Waals surface area contributed by atoms with Crippen molar-refractivity contribution in [2.24, 2.45) is 0 Å². The van der Waals surface area contributed by atoms with Crippen LogP contribution in [0.5, 0.6) is 11.5 Å². The third-order valence-electron chi connectivity index (χ3n) is 4.48. The second-order valence-corrected chi connectivity index (χ2v) is 8.42. The Morgan fingerprint density at radius 3 is 2.52 bits per heavy atom. The number of ether oxygens (including phenoxy) is 2. The summed E-state index contributed by atoms with van der Waals surface area (Å²) >= 11 is 0. The lowest BCUT2D eigenvalue weighted by atomic mass is 10.2. The topological polar surface area (TPSA) is 107 Å². The van der Waals surface area contributed by atoms with Gasteiger partial charge in [-0.2, -0.15) is 0 Å². The molecule has 2 aromatic heterocycles. The molecule has 0 unspecified atom stereocenters. The van der Waals surface area contributed by atoms with Crippen molar-refractivity contribution < 1.29 is 22.7 Å². The van der Waals surface area contributed by atoms with Gasteiger partial charge in [-0.1, -0.05) is 6.07 Å². The van der Waals surface area contributed by atoms with Gasteiger partial charge in [0.25, 0.3) is 5.91 Å². The van der Waals surface area contributed by atoms with Crippen LogP contribution in [0.25, 0.3) is 0 Å². The van der Waals surface area contributed by atoms with E-state index in [1.165, 1.54) is 24.5 Å². The molecule has 0 bridgehead atoms. The number of carbonyl (C=O) groups is 1. The lowest BCUT2D eigenvalue weighted by Gasteiger charge is -2.19. The van der Waals surface area contributed by atoms with E-state index in [2.05, 4.69) is 15.3 Å². The smallest absolute Gasteiger partial charge is 0.252 e. The average molecular weight is 411 g/mol. The van der Waals surface area contributed by atoms with Gasteiger partial charge in [0, 0.05) is 37.4 Å². The summed E-state index contributed by atoms with van der Waals surface area (Å²) in [6.07, 6.45) is 6.01. The first-order valence-electron chi connectivity index (χ1n) is 8.77. The van der Waals surface area contributed by atoms with Gasteiger partial charge < -0.3 is 14.8 Å². The Balaban J connectivity index is 1.64. The molecular weight excluding hydrogens is 394 g/mol. The molecule has 1 aliphatic rings. The highest BCUT2D eigenvalue weighted by atomic mass is 32.2. The van der Waals surface area contributed by atoms with E-state index in [4.69, 9.17) is 9.47 Å². The molecule has 0 radical (unpaired) electrons. The number of rotatable bonds is 6. The van der Waals surface area contributed by atoms with Crippen molar-refractivity contribution in [2.75, 3.05) is 13.3 Å². The molecule has 1 N–H and O–H groups in total. The molecule has 1 atom stereocenters. The van der Waals surface area contributed by atoms with E-state index in [1.54, 1.807) is 42.7 Å². The molecule has 0 fully saturated rings. The van der Waals surface area contributed by atoms with Crippen molar-refractivity contribution in [3.63, 3.8) is 0 Å². The highest BCUT2D eigenvalue weighted by molar-refractivity contribution is 7.91. The maximum absolute atomic E-state index is 13.4. The number of hydrogen-bond acceptors (Lipinski definition) is 7. The number of nitrogens with zero attached hydrogens (tertiary/aromatic N) is 2. The summed E-state index contributed by atoms with van der Waals surface area (Å²) in [5, 5.41) is 1.65. The van der Waals surface area contributed by atoms with Crippen LogP contribution in [-0.2, 0) is 9.84 Å². The molecule has 9 heteroatoms. The van der Waals surface area contributed by atoms with Crippen LogP contribution in [0, 0.1) is 0 Å². The molecule has 1 aliphatic heterocycles. The van der Waals surface area contributed by atoms with Crippen molar-refractivity contribution in [1.29, 1.82) is 0 Å². The van der Waals surface area contributed by atoms with Gasteiger partial charge in [0.1, 0.15) is 5.25 Å². The number of amides is 1. The lowest BCUT2D eigenvalue weighted by Crippen LogP contribution is -2.32. The number of nitrogens with one attached hydrogen (secondary N) is 1. The first-order valence-corrected chi connectivity index (χ1v) is 10.3. The number of sulfone groups is 1. The van der Waals surface area contributed by atoms with Gasteiger partial charge in [0.15, 0.2) is 21.3 Å². The van der Waals surface area contributed by atoms with Gasteiger partial charge in [0.2, 0.25) is 6.79 Å². The number of carbonyl (C=O) groups excluding carboxylic acids is 1. The number of aromatic nitrogens is 2. The van der Waals surface area contributed by atoms with Crippen LogP contribution in [0.4, 0.5) is 0 Å². The summed E-state index contributed by atoms with van der Waals surface area (Å²) in [7, 11) is -3.86. The molecule has 3 heterocycles. The largest absolute Gasteiger partial charge is 0.454 e. The summed E-state index contributed by atoms with van der Waals surface area (Å²) in [4.78, 5) is 20.4. The second kappa shape index (κ2) is 7.88. The van der Waals surface area contributed by atoms with E-state index in [0.29, 0.717) is 22.6 Å². The number of hydrogen-bond donors (Lipinski definition) is 1. The Hall–Kier alpha value is -3.46. The molecule has 0 aliphatic carbocycles. The fourth-order valence-corrected chi connectivity index (χ4v) is 4.63. The third kappa shape index (κ3) is 3.90. The zero-order chi connectivity index (χ0) is 20.3. The highest BCUT2D eigenvalue weighted by Crippen LogP contribution is 2.37. The molecule has 0 saturated carbocycles. The zero-order valence-electron chi connectivity index (χ0n) is 15.2. The van der Waals surface area contributed by atoms with Crippen molar-refractivity contribution >= 4 is 15.7 Å². The van der Waals surface area contributed by atoms with Crippen LogP contribution in [-0.4, -0.2) is 37.6 Å². The monoisotopic (exact) mass is 411 g/mol. The van der Waals surface area contributed by atoms with E-state index in [9.17, 15) is 13.2 Å². The minimum atomic E-state index is -3.86. The summed E-state index contributed by atoms with van der Waals surface area (Å²) in [5.41, 5.74) is 0.814. The summed E-state index contributed by atoms with van der Waals surface area (Å²) < 4.78 is 37.3. The standard InChI is InChI=1S/C20H17N3O5S/c24-20(15-4-2-8-22-11-15)23-12-19(14-3-1-7-21-10-14)29(25,26)16-5-6-17-18(9-16)28-13-27-17/h1-11,19H,12-13H2,(H,23,24)/t19-/m1/s1. The van der Waals surface area contributed by atoms with Gasteiger partial charge in [-0.3, -0.25) is 14.8 Å². The lowest BCUT2D eigenvalue weighted by molar-refractivity contribution is 0.0953. The average Bonchev–Trinajstić information content (AvgIpc) is 3.23. The first kappa shape index (κ1) is 18.9. The van der Waals surface area contributed by atoms with Crippen LogP contribution < -0.4 is 14.8 Å². The van der Waals surface area contributed by atoms with E-state index in [1.807, 2.05) is 0 Å². The van der Waals surface area contributed by atoms with Crippen LogP contribution in [0.3, 0.4) is 0 Å². The first-order chi connectivity index (χ1) is 14.1. The van der Waals surface area contributed by atoms with Crippen molar-refractivity contribution in [3.8, 4) is 11.5 Å². The molecule has 3 aromatic rings. The summed E-state index contributed by atoms with van der Waals surface area (Å²) in [5.74, 6) is 0.454. The summed E-state index contributed by atoms with van der Waals surface area (Å²) in [6.45, 7) is -0.0811. The Kier molecular flexibility index (Phi) is 5.13. The fraction of sp³-hybridized carbons (Fsp3) is 0.150. The molecule has 148 valence electrons. The molecule has 0 spiro atoms. The minimum Gasteiger partial charge on any atom is -0.454 e. The summed E-state index contributed by atoms with van der Waals surface area (Å²) in [6, 6.07) is 11.0. The van der Waals surface area contributed by atoms with Crippen molar-refractivity contribution in [2.45, 2.75) is 10.1 Å². The third-order valence-corrected chi connectivity index (χ3v) is 6.57. The van der Waals surface area contributed by atoms with Gasteiger partial charge >= 0.3 is 0 Å². The van der Waals surface area contributed by atoms with Crippen LogP contribution in [0.15, 0.2) is 72.1 Å². The quantitative estimate of drug-likeness (QED) is 0.662. The number of benzene rings is 1. The van der Waals surface area contributed by atoms with E-state index in [0.717, 1.165) is 0 Å². The van der Waals surface area contributed by atoms with Crippen LogP contribution in [0.2, 0.25) is 0 Å². The molecule has 1 amide bonds. The second-order valence-electron chi connectivity index (χ2n) is 6.29. The maximum Gasteiger partial charge on any atom is 0.252 e. The van der Waals surface area contributed by atoms with E-state index >= 15 is 0 Å². The molecular formula is C20H17N3O5S. The highest BCUT2D eigenvalue weighted by Gasteiger charge is 2.31. The maximum atomic E-state index is 13.4. The van der Waals surface area contributed by atoms with E-state index < -0.39 is 21.0 Å². The minimum absolute atomic E-state index is 0.0477. The van der Waals surface area contributed by atoms with Gasteiger partial charge in [-0.05, 0) is 35.9 Å². The molecule has 0 saturated heterocycles.